The van der Waals surface area contributed by atoms with E-state index in [1.807, 2.05) is 12.4 Å². The molecule has 2 rings (SSSR count). The first-order chi connectivity index (χ1) is 5.87. The summed E-state index contributed by atoms with van der Waals surface area (Å²) in [6, 6.07) is 0. The summed E-state index contributed by atoms with van der Waals surface area (Å²) in [5.74, 6) is 5.05. The van der Waals surface area contributed by atoms with Gasteiger partial charge in [0.25, 0.3) is 0 Å². The van der Waals surface area contributed by atoms with E-state index in [4.69, 9.17) is 5.90 Å². The molecular weight excluding hydrogens is 154 g/mol. The predicted octanol–water partition coefficient (Wildman–Crippen LogP) is 0.398. The highest BCUT2D eigenvalue weighted by Gasteiger charge is 2.45. The first-order valence-corrected chi connectivity index (χ1v) is 3.95. The topological polar surface area (TPSA) is 61.0 Å². The minimum Gasteiger partial charge on any atom is -0.304 e. The van der Waals surface area contributed by atoms with Gasteiger partial charge in [-0.25, -0.2) is 15.9 Å². The van der Waals surface area contributed by atoms with Gasteiger partial charge in [-0.3, -0.25) is 0 Å². The Kier molecular flexibility index (Phi) is 1.78. The van der Waals surface area contributed by atoms with E-state index in [1.54, 1.807) is 0 Å². The molecule has 0 atom stereocenters. The Bertz CT molecular complexity index is 258. The van der Waals surface area contributed by atoms with Crippen LogP contribution in [0.2, 0.25) is 0 Å². The molecule has 0 bridgehead atoms. The zero-order valence-electron chi connectivity index (χ0n) is 6.73. The van der Waals surface area contributed by atoms with Crippen molar-refractivity contribution in [2.24, 2.45) is 5.90 Å². The summed E-state index contributed by atoms with van der Waals surface area (Å²) in [7, 11) is 0. The molecule has 0 aromatic carbocycles. The van der Waals surface area contributed by atoms with E-state index < -0.39 is 0 Å². The Labute approximate surface area is 70.7 Å². The molecule has 0 amide bonds. The third-order valence-corrected chi connectivity index (χ3v) is 2.39. The summed E-state index contributed by atoms with van der Waals surface area (Å²) in [5, 5.41) is 0. The van der Waals surface area contributed by atoms with Gasteiger partial charge in [-0.1, -0.05) is 0 Å². The highest BCUT2D eigenvalue weighted by atomic mass is 16.6. The molecule has 0 aliphatic heterocycles. The minimum atomic E-state index is 0.121. The van der Waals surface area contributed by atoms with Crippen LogP contribution in [0.1, 0.15) is 18.4 Å². The fourth-order valence-corrected chi connectivity index (χ4v) is 1.40. The maximum Gasteiger partial charge on any atom is 0.115 e. The van der Waals surface area contributed by atoms with Gasteiger partial charge in [0, 0.05) is 17.8 Å². The van der Waals surface area contributed by atoms with Crippen LogP contribution in [0.5, 0.6) is 0 Å². The molecule has 1 aliphatic rings. The van der Waals surface area contributed by atoms with Crippen molar-refractivity contribution in [2.75, 3.05) is 6.61 Å². The van der Waals surface area contributed by atoms with Crippen LogP contribution in [-0.4, -0.2) is 16.6 Å². The molecule has 1 heterocycles. The lowest BCUT2D eigenvalue weighted by Gasteiger charge is -2.11. The van der Waals surface area contributed by atoms with Gasteiger partial charge in [-0.05, 0) is 18.4 Å². The average molecular weight is 165 g/mol. The van der Waals surface area contributed by atoms with Gasteiger partial charge in [-0.15, -0.1) is 0 Å². The summed E-state index contributed by atoms with van der Waals surface area (Å²) in [6.07, 6.45) is 7.44. The largest absolute Gasteiger partial charge is 0.304 e. The van der Waals surface area contributed by atoms with Crippen LogP contribution in [0, 0.1) is 0 Å². The Morgan fingerprint density at radius 2 is 2.08 bits per heavy atom. The van der Waals surface area contributed by atoms with Gasteiger partial charge >= 0.3 is 0 Å². The molecule has 0 radical (unpaired) electrons. The van der Waals surface area contributed by atoms with Crippen molar-refractivity contribution in [3.05, 3.63) is 24.3 Å². The molecule has 4 nitrogen and oxygen atoms in total. The fraction of sp³-hybridized carbons (Fsp3) is 0.500. The number of rotatable bonds is 3. The lowest BCUT2D eigenvalue weighted by atomic mass is 10.0. The second-order valence-corrected chi connectivity index (χ2v) is 3.22. The lowest BCUT2D eigenvalue weighted by molar-refractivity contribution is 0.116. The van der Waals surface area contributed by atoms with Gasteiger partial charge in [0.2, 0.25) is 0 Å². The summed E-state index contributed by atoms with van der Waals surface area (Å²) in [6.45, 7) is 0.570. The first kappa shape index (κ1) is 7.64. The third-order valence-electron chi connectivity index (χ3n) is 2.39. The Morgan fingerprint density at radius 3 is 2.58 bits per heavy atom. The normalized spacial score (nSPS) is 19.1. The molecular formula is C8H11N3O. The molecule has 1 aromatic rings. The van der Waals surface area contributed by atoms with Gasteiger partial charge < -0.3 is 4.84 Å². The highest BCUT2D eigenvalue weighted by molar-refractivity contribution is 5.26. The first-order valence-electron chi connectivity index (χ1n) is 3.95. The maximum absolute atomic E-state index is 5.05. The molecule has 12 heavy (non-hydrogen) atoms. The highest BCUT2D eigenvalue weighted by Crippen LogP contribution is 2.47. The molecule has 4 heteroatoms. The molecule has 2 N–H and O–H groups in total. The van der Waals surface area contributed by atoms with E-state index in [1.165, 1.54) is 6.33 Å². The van der Waals surface area contributed by atoms with Crippen LogP contribution < -0.4 is 5.90 Å². The molecule has 64 valence electrons. The van der Waals surface area contributed by atoms with Gasteiger partial charge in [0.05, 0.1) is 6.61 Å². The second-order valence-electron chi connectivity index (χ2n) is 3.22. The van der Waals surface area contributed by atoms with Gasteiger partial charge in [0.15, 0.2) is 0 Å². The van der Waals surface area contributed by atoms with Crippen molar-refractivity contribution in [2.45, 2.75) is 18.3 Å². The van der Waals surface area contributed by atoms with E-state index >= 15 is 0 Å². The monoisotopic (exact) mass is 165 g/mol. The van der Waals surface area contributed by atoms with E-state index in [0.717, 1.165) is 18.4 Å². The lowest BCUT2D eigenvalue weighted by Crippen LogP contribution is -2.18. The predicted molar refractivity (Wildman–Crippen MR) is 43.1 cm³/mol. The molecule has 1 fully saturated rings. The van der Waals surface area contributed by atoms with Crippen molar-refractivity contribution in [3.63, 3.8) is 0 Å². The zero-order chi connectivity index (χ0) is 8.44. The molecule has 1 saturated carbocycles. The van der Waals surface area contributed by atoms with Crippen LogP contribution in [0.15, 0.2) is 18.7 Å². The number of nitrogens with zero attached hydrogens (tertiary/aromatic N) is 2. The standard InChI is InChI=1S/C8H11N3O/c9-12-5-8(1-2-8)7-3-10-6-11-4-7/h3-4,6H,1-2,5,9H2. The quantitative estimate of drug-likeness (QED) is 0.658. The number of nitrogens with two attached hydrogens (primary N) is 1. The smallest absolute Gasteiger partial charge is 0.115 e. The van der Waals surface area contributed by atoms with Crippen LogP contribution in [0.3, 0.4) is 0 Å². The molecule has 1 aliphatic carbocycles. The molecule has 1 aromatic heterocycles. The Hall–Kier alpha value is -1.00. The van der Waals surface area contributed by atoms with E-state index in [9.17, 15) is 0 Å². The summed E-state index contributed by atoms with van der Waals surface area (Å²) < 4.78 is 0. The van der Waals surface area contributed by atoms with Crippen molar-refractivity contribution in [1.82, 2.24) is 9.97 Å². The molecule has 0 unspecified atom stereocenters. The van der Waals surface area contributed by atoms with Crippen molar-refractivity contribution >= 4 is 0 Å². The molecule has 0 spiro atoms. The average Bonchev–Trinajstić information content (AvgIpc) is 2.88. The number of hydrogen-bond donors (Lipinski definition) is 1. The minimum absolute atomic E-state index is 0.121. The fourth-order valence-electron chi connectivity index (χ4n) is 1.40. The SMILES string of the molecule is NOCC1(c2cncnc2)CC1. The van der Waals surface area contributed by atoms with E-state index in [2.05, 4.69) is 14.8 Å². The van der Waals surface area contributed by atoms with E-state index in [-0.39, 0.29) is 5.41 Å². The zero-order valence-corrected chi connectivity index (χ0v) is 6.73. The van der Waals surface area contributed by atoms with Crippen LogP contribution in [0.25, 0.3) is 0 Å². The third kappa shape index (κ3) is 1.19. The van der Waals surface area contributed by atoms with Crippen molar-refractivity contribution < 1.29 is 4.84 Å². The van der Waals surface area contributed by atoms with Gasteiger partial charge in [0.1, 0.15) is 6.33 Å². The van der Waals surface area contributed by atoms with Crippen LogP contribution in [0.4, 0.5) is 0 Å². The summed E-state index contributed by atoms with van der Waals surface area (Å²) in [5.41, 5.74) is 1.26. The second kappa shape index (κ2) is 2.80. The summed E-state index contributed by atoms with van der Waals surface area (Å²) in [4.78, 5) is 12.6. The van der Waals surface area contributed by atoms with Crippen LogP contribution in [-0.2, 0) is 10.3 Å². The number of hydrogen-bond acceptors (Lipinski definition) is 4. The number of aromatic nitrogens is 2. The van der Waals surface area contributed by atoms with Crippen molar-refractivity contribution in [1.29, 1.82) is 0 Å². The van der Waals surface area contributed by atoms with E-state index in [0.29, 0.717) is 6.61 Å². The van der Waals surface area contributed by atoms with Gasteiger partial charge in [-0.2, -0.15) is 0 Å². The molecule has 0 saturated heterocycles. The van der Waals surface area contributed by atoms with Crippen LogP contribution >= 0.6 is 0 Å². The summed E-state index contributed by atoms with van der Waals surface area (Å²) >= 11 is 0. The Balaban J connectivity index is 2.19. The Morgan fingerprint density at radius 1 is 1.42 bits per heavy atom. The maximum atomic E-state index is 5.05. The van der Waals surface area contributed by atoms with Crippen molar-refractivity contribution in [3.8, 4) is 0 Å².